The molecule has 0 saturated heterocycles. The Morgan fingerprint density at radius 3 is 2.96 bits per heavy atom. The van der Waals surface area contributed by atoms with Crippen molar-refractivity contribution in [1.82, 2.24) is 15.0 Å². The van der Waals surface area contributed by atoms with E-state index in [2.05, 4.69) is 26.1 Å². The van der Waals surface area contributed by atoms with Crippen LogP contribution in [0.2, 0.25) is 0 Å². The summed E-state index contributed by atoms with van der Waals surface area (Å²) in [6.45, 7) is 2.59. The minimum atomic E-state index is -0.322. The summed E-state index contributed by atoms with van der Waals surface area (Å²) in [5.74, 6) is 0.542. The number of carbonyl (C=O) groups is 1. The third-order valence-corrected chi connectivity index (χ3v) is 5.08. The average molecular weight is 438 g/mol. The highest BCUT2D eigenvalue weighted by atomic mass is 79.9. The smallest absolute Gasteiger partial charge is 0.227 e. The molecule has 0 aliphatic rings. The largest absolute Gasteiger partial charge is 0.339 e. The van der Waals surface area contributed by atoms with E-state index in [0.29, 0.717) is 30.2 Å². The summed E-state index contributed by atoms with van der Waals surface area (Å²) in [5, 5.41) is 7.81. The molecule has 3 aromatic rings. The molecule has 0 aliphatic heterocycles. The lowest BCUT2D eigenvalue weighted by Gasteiger charge is -2.21. The van der Waals surface area contributed by atoms with Gasteiger partial charge in [-0.2, -0.15) is 16.3 Å². The van der Waals surface area contributed by atoms with Gasteiger partial charge in [0.2, 0.25) is 17.6 Å². The monoisotopic (exact) mass is 437 g/mol. The summed E-state index contributed by atoms with van der Waals surface area (Å²) >= 11 is 4.88. The van der Waals surface area contributed by atoms with Crippen LogP contribution in [0.3, 0.4) is 0 Å². The van der Waals surface area contributed by atoms with Gasteiger partial charge in [0.1, 0.15) is 5.82 Å². The summed E-state index contributed by atoms with van der Waals surface area (Å²) in [6, 6.07) is 6.63. The fourth-order valence-corrected chi connectivity index (χ4v) is 3.53. The summed E-state index contributed by atoms with van der Waals surface area (Å²) < 4.78 is 19.9. The van der Waals surface area contributed by atoms with Crippen molar-refractivity contribution < 1.29 is 13.7 Å². The first-order valence-electron chi connectivity index (χ1n) is 8.13. The van der Waals surface area contributed by atoms with Crippen LogP contribution in [-0.2, 0) is 17.8 Å². The molecule has 1 aromatic carbocycles. The summed E-state index contributed by atoms with van der Waals surface area (Å²) in [5.41, 5.74) is 1.38. The second-order valence-corrected chi connectivity index (χ2v) is 7.36. The number of nitrogens with zero attached hydrogens (tertiary/aromatic N) is 3. The maximum absolute atomic E-state index is 13.9. The number of thiophene rings is 1. The van der Waals surface area contributed by atoms with Crippen molar-refractivity contribution in [2.24, 2.45) is 0 Å². The minimum Gasteiger partial charge on any atom is -0.339 e. The molecule has 2 heterocycles. The van der Waals surface area contributed by atoms with Gasteiger partial charge in [-0.05, 0) is 36.6 Å². The van der Waals surface area contributed by atoms with Crippen LogP contribution in [0.25, 0.3) is 11.4 Å². The van der Waals surface area contributed by atoms with Gasteiger partial charge in [-0.3, -0.25) is 4.79 Å². The highest BCUT2D eigenvalue weighted by Gasteiger charge is 2.17. The zero-order valence-electron chi connectivity index (χ0n) is 14.1. The van der Waals surface area contributed by atoms with Crippen molar-refractivity contribution in [3.63, 3.8) is 0 Å². The molecule has 0 unspecified atom stereocenters. The Labute approximate surface area is 163 Å². The lowest BCUT2D eigenvalue weighted by Crippen LogP contribution is -2.30. The zero-order chi connectivity index (χ0) is 18.5. The molecule has 1 amide bonds. The third kappa shape index (κ3) is 4.56. The van der Waals surface area contributed by atoms with Crippen molar-refractivity contribution >= 4 is 33.2 Å². The molecular formula is C18H17BrFN3O2S. The van der Waals surface area contributed by atoms with E-state index in [1.807, 2.05) is 23.8 Å². The quantitative estimate of drug-likeness (QED) is 0.538. The Morgan fingerprint density at radius 2 is 2.23 bits per heavy atom. The molecule has 0 aliphatic carbocycles. The van der Waals surface area contributed by atoms with Crippen molar-refractivity contribution in [3.8, 4) is 11.4 Å². The minimum absolute atomic E-state index is 0.0813. The molecule has 136 valence electrons. The topological polar surface area (TPSA) is 59.2 Å². The van der Waals surface area contributed by atoms with Gasteiger partial charge >= 0.3 is 0 Å². The van der Waals surface area contributed by atoms with Crippen LogP contribution in [0.4, 0.5) is 4.39 Å². The first kappa shape index (κ1) is 18.7. The number of amides is 1. The molecule has 0 radical (unpaired) electrons. The van der Waals surface area contributed by atoms with Gasteiger partial charge in [0.05, 0.1) is 0 Å². The molecule has 3 rings (SSSR count). The molecular weight excluding hydrogens is 421 g/mol. The lowest BCUT2D eigenvalue weighted by atomic mass is 10.2. The molecule has 0 spiro atoms. The van der Waals surface area contributed by atoms with Crippen LogP contribution in [-0.4, -0.2) is 27.5 Å². The standard InChI is InChI=1S/C18H17BrFN3O2S/c1-2-23(10-13-9-14(19)3-4-15(13)20)17(24)6-5-16-21-18(22-25-16)12-7-8-26-11-12/h3-4,7-9,11H,2,5-6,10H2,1H3. The third-order valence-electron chi connectivity index (χ3n) is 3.90. The predicted molar refractivity (Wildman–Crippen MR) is 101 cm³/mol. The van der Waals surface area contributed by atoms with Gasteiger partial charge in [0.15, 0.2) is 0 Å². The van der Waals surface area contributed by atoms with Gasteiger partial charge in [-0.1, -0.05) is 21.1 Å². The SMILES string of the molecule is CCN(Cc1cc(Br)ccc1F)C(=O)CCc1nc(-c2ccsc2)no1. The highest BCUT2D eigenvalue weighted by molar-refractivity contribution is 9.10. The van der Waals surface area contributed by atoms with E-state index in [0.717, 1.165) is 10.0 Å². The number of halogens is 2. The molecule has 0 bridgehead atoms. The maximum Gasteiger partial charge on any atom is 0.227 e. The van der Waals surface area contributed by atoms with Crippen LogP contribution in [0.1, 0.15) is 24.8 Å². The zero-order valence-corrected chi connectivity index (χ0v) is 16.5. The Bertz CT molecular complexity index is 882. The van der Waals surface area contributed by atoms with Crippen LogP contribution in [0.5, 0.6) is 0 Å². The van der Waals surface area contributed by atoms with Crippen LogP contribution in [0, 0.1) is 5.82 Å². The number of rotatable bonds is 7. The molecule has 0 atom stereocenters. The highest BCUT2D eigenvalue weighted by Crippen LogP contribution is 2.20. The van der Waals surface area contributed by atoms with E-state index in [-0.39, 0.29) is 24.7 Å². The van der Waals surface area contributed by atoms with Crippen molar-refractivity contribution in [2.45, 2.75) is 26.3 Å². The van der Waals surface area contributed by atoms with E-state index in [4.69, 9.17) is 4.52 Å². The molecule has 0 saturated carbocycles. The summed E-state index contributed by atoms with van der Waals surface area (Å²) in [4.78, 5) is 18.4. The van der Waals surface area contributed by atoms with Gasteiger partial charge < -0.3 is 9.42 Å². The van der Waals surface area contributed by atoms with Crippen LogP contribution in [0.15, 0.2) is 44.0 Å². The number of hydrogen-bond acceptors (Lipinski definition) is 5. The molecule has 2 aromatic heterocycles. The molecule has 0 fully saturated rings. The first-order chi connectivity index (χ1) is 12.6. The predicted octanol–water partition coefficient (Wildman–Crippen LogP) is 4.68. The Morgan fingerprint density at radius 1 is 1.38 bits per heavy atom. The summed E-state index contributed by atoms with van der Waals surface area (Å²) in [6.07, 6.45) is 0.585. The Balaban J connectivity index is 1.60. The van der Waals surface area contributed by atoms with Crippen molar-refractivity contribution in [1.29, 1.82) is 0 Å². The van der Waals surface area contributed by atoms with E-state index in [1.165, 1.54) is 6.07 Å². The normalized spacial score (nSPS) is 10.9. The Kier molecular flexibility index (Phi) is 6.16. The van der Waals surface area contributed by atoms with E-state index in [1.54, 1.807) is 28.4 Å². The fourth-order valence-electron chi connectivity index (χ4n) is 2.48. The molecule has 8 heteroatoms. The molecule has 5 nitrogen and oxygen atoms in total. The van der Waals surface area contributed by atoms with Gasteiger partial charge in [-0.15, -0.1) is 0 Å². The number of hydrogen-bond donors (Lipinski definition) is 0. The van der Waals surface area contributed by atoms with Crippen molar-refractivity contribution in [2.75, 3.05) is 6.54 Å². The van der Waals surface area contributed by atoms with E-state index in [9.17, 15) is 9.18 Å². The Hall–Kier alpha value is -2.06. The van der Waals surface area contributed by atoms with Gasteiger partial charge in [-0.25, -0.2) is 4.39 Å². The average Bonchev–Trinajstić information content (AvgIpc) is 3.31. The second kappa shape index (κ2) is 8.55. The number of carbonyl (C=O) groups excluding carboxylic acids is 1. The maximum atomic E-state index is 13.9. The molecule has 0 N–H and O–H groups in total. The van der Waals surface area contributed by atoms with E-state index >= 15 is 0 Å². The van der Waals surface area contributed by atoms with Gasteiger partial charge in [0.25, 0.3) is 0 Å². The summed E-state index contributed by atoms with van der Waals surface area (Å²) in [7, 11) is 0. The van der Waals surface area contributed by atoms with Crippen LogP contribution >= 0.6 is 27.3 Å². The van der Waals surface area contributed by atoms with Gasteiger partial charge in [0, 0.05) is 46.9 Å². The lowest BCUT2D eigenvalue weighted by molar-refractivity contribution is -0.131. The number of benzene rings is 1. The number of aryl methyl sites for hydroxylation is 1. The number of aromatic nitrogens is 2. The second-order valence-electron chi connectivity index (χ2n) is 5.67. The first-order valence-corrected chi connectivity index (χ1v) is 9.87. The van der Waals surface area contributed by atoms with E-state index < -0.39 is 0 Å². The molecule has 26 heavy (non-hydrogen) atoms. The van der Waals surface area contributed by atoms with Crippen LogP contribution < -0.4 is 0 Å². The fraction of sp³-hybridized carbons (Fsp3) is 0.278. The van der Waals surface area contributed by atoms with Crippen molar-refractivity contribution in [3.05, 3.63) is 56.8 Å².